The smallest absolute Gasteiger partial charge is 0.465 e. The topological polar surface area (TPSA) is 352 Å². The Kier molecular flexibility index (Phi) is 36.8. The van der Waals surface area contributed by atoms with Crippen molar-refractivity contribution < 1.29 is 90.7 Å². The summed E-state index contributed by atoms with van der Waals surface area (Å²) in [6.07, 6.45) is 5.41. The second-order valence-corrected chi connectivity index (χ2v) is 44.0. The van der Waals surface area contributed by atoms with Gasteiger partial charge in [-0.2, -0.15) is 0 Å². The third-order valence-electron chi connectivity index (χ3n) is 23.4. The zero-order chi connectivity index (χ0) is 103. The van der Waals surface area contributed by atoms with E-state index in [-0.39, 0.29) is 92.2 Å². The summed E-state index contributed by atoms with van der Waals surface area (Å²) in [7, 11) is 1.37. The predicted octanol–water partition coefficient (Wildman–Crippen LogP) is 22.5. The number of carbonyl (C=O) groups is 12. The van der Waals surface area contributed by atoms with Crippen molar-refractivity contribution in [1.29, 1.82) is 0 Å². The van der Waals surface area contributed by atoms with Crippen LogP contribution in [0, 0.1) is 0 Å². The summed E-state index contributed by atoms with van der Waals surface area (Å²) in [4.78, 5) is 166. The maximum absolute atomic E-state index is 13.0. The van der Waals surface area contributed by atoms with Gasteiger partial charge in [0, 0.05) is 79.6 Å². The molecule has 752 valence electrons. The summed E-state index contributed by atoms with van der Waals surface area (Å²) in [6.45, 7) is 31.0. The lowest BCUT2D eigenvalue weighted by molar-refractivity contribution is -0.0296. The second kappa shape index (κ2) is 47.2. The number of rotatable bonds is 11. The Hall–Kier alpha value is -11.7. The highest BCUT2D eigenvalue weighted by atomic mass is 79.9. The van der Waals surface area contributed by atoms with Crippen molar-refractivity contribution in [3.63, 3.8) is 0 Å². The third kappa shape index (κ3) is 28.5. The summed E-state index contributed by atoms with van der Waals surface area (Å²) in [5.41, 5.74) is 19.0. The number of methoxy groups -OCH3 is 1. The number of nitrogens with one attached hydrogen (secondary N) is 1. The van der Waals surface area contributed by atoms with Crippen LogP contribution in [0.15, 0.2) is 210 Å². The Morgan fingerprint density at radius 1 is 0.408 bits per heavy atom. The van der Waals surface area contributed by atoms with Crippen LogP contribution < -0.4 is 11.1 Å². The van der Waals surface area contributed by atoms with Crippen LogP contribution in [-0.2, 0) is 71.7 Å². The average molecular weight is 2260 g/mol. The van der Waals surface area contributed by atoms with E-state index in [4.69, 9.17) is 34.2 Å². The van der Waals surface area contributed by atoms with Gasteiger partial charge in [-0.15, -0.1) is 0 Å². The summed E-state index contributed by atoms with van der Waals surface area (Å²) in [6, 6.07) is 52.1. The Bertz CT molecular complexity index is 6180. The molecule has 9 heterocycles. The van der Waals surface area contributed by atoms with Gasteiger partial charge in [0.25, 0.3) is 35.4 Å². The molecule has 8 aliphatic rings. The van der Waals surface area contributed by atoms with E-state index in [1.54, 1.807) is 147 Å². The molecule has 142 heavy (non-hydrogen) atoms. The Balaban J connectivity index is 0.000000165. The zero-order valence-electron chi connectivity index (χ0n) is 81.7. The van der Waals surface area contributed by atoms with Crippen molar-refractivity contribution in [1.82, 2.24) is 39.7 Å². The fourth-order valence-electron chi connectivity index (χ4n) is 17.3. The predicted molar refractivity (Wildman–Crippen MR) is 557 cm³/mol. The lowest BCUT2D eigenvalue weighted by atomic mass is 9.89. The van der Waals surface area contributed by atoms with E-state index in [0.717, 1.165) is 99.2 Å². The van der Waals surface area contributed by atoms with Crippen molar-refractivity contribution in [2.45, 2.75) is 208 Å². The van der Waals surface area contributed by atoms with Gasteiger partial charge in [0.2, 0.25) is 0 Å². The zero-order valence-corrected chi connectivity index (χ0v) is 89.7. The number of imide groups is 3. The molecule has 0 saturated heterocycles. The number of aliphatic imine (C=N–C) groups is 1. The number of ether oxygens (including phenoxy) is 7. The van der Waals surface area contributed by atoms with Crippen LogP contribution in [0.4, 0.5) is 24.0 Å². The molecule has 1 aromatic heterocycles. The van der Waals surface area contributed by atoms with Crippen LogP contribution in [0.5, 0.6) is 0 Å². The summed E-state index contributed by atoms with van der Waals surface area (Å²) in [5, 5.41) is 3.43. The molecule has 17 rings (SSSR count). The van der Waals surface area contributed by atoms with Crippen molar-refractivity contribution in [3.8, 4) is 0 Å². The first kappa shape index (κ1) is 111. The SMILES string of the molecule is C.CC(C)(C)OC(=O)N1CCc2cc(Br)ccc2[C@@H]1CN.CC(C)(C)OC(=O)N1CCc2cc(Br)ccc2[C@@H]1CN1C(=O)c2ccccc2C1=O.CC(C)(C)OC(=O)OC(=O)OC(C)(C)C.COC(=O)c1ccncc1CC[C@H]1c2ccc(Br)cc2CCN1C(=O)OC(C)(C)C.O=C1c2ccccc2C(=O)N1CC1=NCCc2cc(Br)ccc21.O=C1c2ccccc2C(=O)N1C[C@@H]1NCCc2cc(Br)ccc21. The first-order chi connectivity index (χ1) is 66.5. The molecule has 4 atom stereocenters. The minimum Gasteiger partial charge on any atom is -0.465 e. The van der Waals surface area contributed by atoms with Crippen molar-refractivity contribution in [2.24, 2.45) is 10.7 Å². The number of hydrogen-bond acceptors (Lipinski definition) is 23. The van der Waals surface area contributed by atoms with Gasteiger partial charge in [-0.25, -0.2) is 28.8 Å². The molecule has 3 N–H and O–H groups in total. The van der Waals surface area contributed by atoms with Gasteiger partial charge in [0.15, 0.2) is 0 Å². The summed E-state index contributed by atoms with van der Waals surface area (Å²) in [5.74, 6) is -1.92. The normalized spacial score (nSPS) is 17.0. The molecule has 0 bridgehead atoms. The van der Waals surface area contributed by atoms with Crippen LogP contribution in [0.3, 0.4) is 0 Å². The second-order valence-electron chi connectivity index (χ2n) is 39.4. The first-order valence-electron chi connectivity index (χ1n) is 46.3. The molecular formula is C108H121Br5N10O19. The van der Waals surface area contributed by atoms with Gasteiger partial charge in [-0.05, 0) is 314 Å². The van der Waals surface area contributed by atoms with E-state index in [2.05, 4.69) is 136 Å². The summed E-state index contributed by atoms with van der Waals surface area (Å²) >= 11 is 17.5. The largest absolute Gasteiger partial charge is 0.519 e. The van der Waals surface area contributed by atoms with Crippen LogP contribution in [0.25, 0.3) is 0 Å². The number of carbonyl (C=O) groups excluding carboxylic acids is 12. The number of aryl methyl sites for hydroxylation is 1. The highest BCUT2D eigenvalue weighted by Crippen LogP contribution is 2.41. The number of fused-ring (bicyclic) bond motifs is 8. The van der Waals surface area contributed by atoms with Crippen molar-refractivity contribution >= 4 is 157 Å². The number of nitrogens with zero attached hydrogens (tertiary/aromatic N) is 8. The summed E-state index contributed by atoms with van der Waals surface area (Å²) < 4.78 is 40.6. The fourth-order valence-corrected chi connectivity index (χ4v) is 19.4. The molecular weight excluding hydrogens is 2140 g/mol. The van der Waals surface area contributed by atoms with E-state index in [1.165, 1.54) is 44.1 Å². The van der Waals surface area contributed by atoms with Gasteiger partial charge in [0.05, 0.1) is 89.0 Å². The highest BCUT2D eigenvalue weighted by molar-refractivity contribution is 9.11. The molecule has 0 unspecified atom stereocenters. The molecule has 8 aromatic carbocycles. The van der Waals surface area contributed by atoms with Crippen molar-refractivity contribution in [3.05, 3.63) is 305 Å². The molecule has 0 saturated carbocycles. The minimum atomic E-state index is -1.06. The number of esters is 1. The average Bonchev–Trinajstić information content (AvgIpc) is 1.63. The molecule has 0 spiro atoms. The van der Waals surface area contributed by atoms with E-state index >= 15 is 0 Å². The lowest BCUT2D eigenvalue weighted by Gasteiger charge is -2.39. The monoisotopic (exact) mass is 2260 g/mol. The van der Waals surface area contributed by atoms with Gasteiger partial charge in [0.1, 0.15) is 28.0 Å². The Morgan fingerprint density at radius 2 is 0.761 bits per heavy atom. The number of benzene rings is 8. The maximum Gasteiger partial charge on any atom is 0.519 e. The van der Waals surface area contributed by atoms with E-state index in [0.29, 0.717) is 97.5 Å². The van der Waals surface area contributed by atoms with Gasteiger partial charge in [-0.1, -0.05) is 154 Å². The quantitative estimate of drug-likeness (QED) is 0.0525. The van der Waals surface area contributed by atoms with Crippen LogP contribution in [0.1, 0.15) is 276 Å². The molecule has 34 heteroatoms. The molecule has 9 amide bonds. The van der Waals surface area contributed by atoms with Gasteiger partial charge in [-0.3, -0.25) is 63.2 Å². The molecule has 0 fully saturated rings. The van der Waals surface area contributed by atoms with Crippen LogP contribution in [-0.4, -0.2) is 206 Å². The number of hydrogen-bond donors (Lipinski definition) is 2. The number of amides is 9. The van der Waals surface area contributed by atoms with Gasteiger partial charge >= 0.3 is 36.6 Å². The third-order valence-corrected chi connectivity index (χ3v) is 25.9. The van der Waals surface area contributed by atoms with Crippen molar-refractivity contribution in [2.75, 3.05) is 66.0 Å². The van der Waals surface area contributed by atoms with E-state index in [1.807, 2.05) is 117 Å². The highest BCUT2D eigenvalue weighted by Gasteiger charge is 2.45. The number of nitrogens with two attached hydrogens (primary N) is 1. The van der Waals surface area contributed by atoms with Crippen LogP contribution in [0.2, 0.25) is 0 Å². The number of pyridine rings is 1. The van der Waals surface area contributed by atoms with E-state index < -0.39 is 52.5 Å². The number of aromatic nitrogens is 1. The molecule has 29 nitrogen and oxygen atoms in total. The fraction of sp³-hybridized carbons (Fsp3) is 0.389. The van der Waals surface area contributed by atoms with E-state index in [9.17, 15) is 57.5 Å². The Labute approximate surface area is 871 Å². The number of halogens is 5. The Morgan fingerprint density at radius 3 is 1.16 bits per heavy atom. The molecule has 8 aliphatic heterocycles. The van der Waals surface area contributed by atoms with Gasteiger partial charge < -0.3 is 49.1 Å². The molecule has 9 aromatic rings. The van der Waals surface area contributed by atoms with Crippen LogP contribution >= 0.6 is 79.6 Å². The lowest BCUT2D eigenvalue weighted by Crippen LogP contribution is -2.48. The molecule has 0 radical (unpaired) electrons. The first-order valence-corrected chi connectivity index (χ1v) is 50.3. The maximum atomic E-state index is 13.0. The minimum absolute atomic E-state index is 0. The molecule has 0 aliphatic carbocycles. The standard InChI is InChI=1S/C23H23BrN2O4.C23H27BrN2O4.C18H15BrN2O2.C18H13BrN2O2.C15H21BrN2O2.C10H18O5.CH4/c1-23(2,3)30-22(29)25-11-10-14-12-15(24)8-9-16(14)19(25)13-26-20(27)17-6-4-5-7-18(17)21(26)28;1-23(2,3)30-22(28)26-12-10-15-13-17(24)6-7-18(15)20(26)8-5-16-14-25-11-9-19(16)21(27)29-4;2*19-12-5-6-13-11(9-12)7-8-20-16(13)10-21-17(22)14-3-1-2-4-15(14)18(21)23;1-15(2,3)20-14(19)18-7-6-10-8-11(16)4-5-12(10)13(18)9-17;1-9(2,3)14-7(11)13-8(12)15-10(4,5)6;/h4-9,12,19H,10-11,13H2,1-3H3;6-7,9,11,13-14,20H,5,8,10,12H2,1-4H3;1-6,9,16,20H,7-8,10H2;1-6,9H,7-8,10H2;4-5,8,13H,6-7,9,17H2,1-3H3;1-6H3;1H4/t19-;20-;16-;;13-;;/m000.0../s1.